The third-order valence-corrected chi connectivity index (χ3v) is 5.79. The lowest BCUT2D eigenvalue weighted by molar-refractivity contribution is -0.132. The van der Waals surface area contributed by atoms with Gasteiger partial charge in [-0.2, -0.15) is 0 Å². The second kappa shape index (κ2) is 7.56. The zero-order chi connectivity index (χ0) is 17.1. The van der Waals surface area contributed by atoms with E-state index in [0.717, 1.165) is 38.9 Å². The molecule has 0 bridgehead atoms. The molecular formula is C20H31N3O. The Morgan fingerprint density at radius 2 is 2.12 bits per heavy atom. The van der Waals surface area contributed by atoms with Crippen LogP contribution in [0.25, 0.3) is 0 Å². The van der Waals surface area contributed by atoms with E-state index in [1.54, 1.807) is 0 Å². The number of piperidine rings is 1. The topological polar surface area (TPSA) is 49.6 Å². The van der Waals surface area contributed by atoms with Crippen molar-refractivity contribution < 1.29 is 4.79 Å². The average molecular weight is 329 g/mol. The van der Waals surface area contributed by atoms with Crippen molar-refractivity contribution >= 4 is 11.6 Å². The number of likely N-dealkylation sites (tertiary alicyclic amines) is 1. The molecule has 0 aromatic heterocycles. The van der Waals surface area contributed by atoms with Crippen molar-refractivity contribution in [2.45, 2.75) is 58.0 Å². The van der Waals surface area contributed by atoms with Crippen LogP contribution in [-0.4, -0.2) is 42.5 Å². The molecule has 0 radical (unpaired) electrons. The van der Waals surface area contributed by atoms with Gasteiger partial charge in [0.25, 0.3) is 0 Å². The smallest absolute Gasteiger partial charge is 0.224 e. The largest absolute Gasteiger partial charge is 0.368 e. The molecule has 3 atom stereocenters. The zero-order valence-electron chi connectivity index (χ0n) is 15.1. The van der Waals surface area contributed by atoms with Crippen LogP contribution >= 0.6 is 0 Å². The van der Waals surface area contributed by atoms with E-state index < -0.39 is 0 Å². The summed E-state index contributed by atoms with van der Waals surface area (Å²) in [6, 6.07) is 9.31. The molecule has 4 heteroatoms. The fourth-order valence-electron chi connectivity index (χ4n) is 4.14. The Morgan fingerprint density at radius 3 is 2.92 bits per heavy atom. The number of amides is 1. The highest BCUT2D eigenvalue weighted by Crippen LogP contribution is 2.30. The van der Waals surface area contributed by atoms with Gasteiger partial charge in [0, 0.05) is 43.8 Å². The van der Waals surface area contributed by atoms with E-state index in [4.69, 9.17) is 5.73 Å². The Bertz CT molecular complexity index is 572. The predicted octanol–water partition coefficient (Wildman–Crippen LogP) is 2.80. The summed E-state index contributed by atoms with van der Waals surface area (Å²) in [6.45, 7) is 6.88. The van der Waals surface area contributed by atoms with Gasteiger partial charge in [0.15, 0.2) is 0 Å². The molecule has 1 saturated heterocycles. The normalized spacial score (nSPS) is 25.3. The maximum absolute atomic E-state index is 12.7. The lowest BCUT2D eigenvalue weighted by atomic mass is 9.92. The molecule has 3 rings (SSSR count). The summed E-state index contributed by atoms with van der Waals surface area (Å²) in [7, 11) is 0. The molecule has 2 aliphatic heterocycles. The first-order valence-electron chi connectivity index (χ1n) is 9.44. The first-order valence-corrected chi connectivity index (χ1v) is 9.44. The quantitative estimate of drug-likeness (QED) is 0.924. The highest BCUT2D eigenvalue weighted by molar-refractivity contribution is 5.77. The molecule has 2 aliphatic rings. The first kappa shape index (κ1) is 17.3. The minimum Gasteiger partial charge on any atom is -0.368 e. The second-order valence-corrected chi connectivity index (χ2v) is 7.56. The van der Waals surface area contributed by atoms with Crippen molar-refractivity contribution in [2.75, 3.05) is 24.5 Å². The van der Waals surface area contributed by atoms with E-state index in [0.29, 0.717) is 18.4 Å². The standard InChI is InChI=1S/C20H31N3O/c1-15-9-10-17-6-3-4-8-19(17)23(15)13-11-20(24)22-12-5-7-18(14-22)16(2)21/h3-4,6,8,15-16,18H,5,7,9-14,21H2,1-2H3/t15-,16+,18+/m1/s1. The number of rotatable bonds is 4. The van der Waals surface area contributed by atoms with Gasteiger partial charge in [-0.05, 0) is 57.1 Å². The minimum absolute atomic E-state index is 0.176. The van der Waals surface area contributed by atoms with Crippen LogP contribution in [0.3, 0.4) is 0 Å². The van der Waals surface area contributed by atoms with E-state index in [9.17, 15) is 4.79 Å². The van der Waals surface area contributed by atoms with Crippen LogP contribution < -0.4 is 10.6 Å². The van der Waals surface area contributed by atoms with Gasteiger partial charge in [-0.15, -0.1) is 0 Å². The summed E-state index contributed by atoms with van der Waals surface area (Å²) in [4.78, 5) is 17.1. The zero-order valence-corrected chi connectivity index (χ0v) is 15.1. The van der Waals surface area contributed by atoms with Crippen LogP contribution in [0.1, 0.15) is 45.1 Å². The molecule has 0 spiro atoms. The molecule has 0 aliphatic carbocycles. The molecule has 1 aromatic rings. The van der Waals surface area contributed by atoms with Crippen LogP contribution in [0.4, 0.5) is 5.69 Å². The van der Waals surface area contributed by atoms with Gasteiger partial charge in [-0.1, -0.05) is 18.2 Å². The molecule has 2 N–H and O–H groups in total. The predicted molar refractivity (Wildman–Crippen MR) is 99.1 cm³/mol. The number of fused-ring (bicyclic) bond motifs is 1. The molecule has 4 nitrogen and oxygen atoms in total. The van der Waals surface area contributed by atoms with Crippen LogP contribution in [0.2, 0.25) is 0 Å². The van der Waals surface area contributed by atoms with Gasteiger partial charge in [-0.3, -0.25) is 4.79 Å². The number of nitrogens with zero attached hydrogens (tertiary/aromatic N) is 2. The number of nitrogens with two attached hydrogens (primary N) is 1. The van der Waals surface area contributed by atoms with E-state index in [-0.39, 0.29) is 11.9 Å². The summed E-state index contributed by atoms with van der Waals surface area (Å²) < 4.78 is 0. The maximum atomic E-state index is 12.7. The number of hydrogen-bond acceptors (Lipinski definition) is 3. The van der Waals surface area contributed by atoms with Crippen LogP contribution in [-0.2, 0) is 11.2 Å². The Morgan fingerprint density at radius 1 is 1.33 bits per heavy atom. The van der Waals surface area contributed by atoms with E-state index in [1.807, 2.05) is 4.90 Å². The number of aryl methyl sites for hydroxylation is 1. The second-order valence-electron chi connectivity index (χ2n) is 7.56. The SMILES string of the molecule is C[C@H](N)[C@H]1CCCN(C(=O)CCN2c3ccccc3CC[C@H]2C)C1. The summed E-state index contributed by atoms with van der Waals surface area (Å²) in [5.41, 5.74) is 8.78. The molecule has 0 saturated carbocycles. The summed E-state index contributed by atoms with van der Waals surface area (Å²) in [6.07, 6.45) is 5.15. The number of carbonyl (C=O) groups is 1. The summed E-state index contributed by atoms with van der Waals surface area (Å²) in [5, 5.41) is 0. The highest BCUT2D eigenvalue weighted by atomic mass is 16.2. The van der Waals surface area contributed by atoms with E-state index >= 15 is 0 Å². The van der Waals surface area contributed by atoms with Gasteiger partial charge >= 0.3 is 0 Å². The number of para-hydroxylation sites is 1. The van der Waals surface area contributed by atoms with Gasteiger partial charge < -0.3 is 15.5 Å². The monoisotopic (exact) mass is 329 g/mol. The molecule has 1 fully saturated rings. The Kier molecular flexibility index (Phi) is 5.44. The molecule has 1 aromatic carbocycles. The number of benzene rings is 1. The van der Waals surface area contributed by atoms with Crippen molar-refractivity contribution in [3.8, 4) is 0 Å². The van der Waals surface area contributed by atoms with E-state index in [1.165, 1.54) is 17.7 Å². The van der Waals surface area contributed by atoms with Crippen LogP contribution in [0, 0.1) is 5.92 Å². The van der Waals surface area contributed by atoms with Crippen molar-refractivity contribution in [1.29, 1.82) is 0 Å². The lowest BCUT2D eigenvalue weighted by Crippen LogP contribution is -2.46. The first-order chi connectivity index (χ1) is 11.6. The minimum atomic E-state index is 0.176. The number of anilines is 1. The third kappa shape index (κ3) is 3.75. The number of hydrogen-bond donors (Lipinski definition) is 1. The fraction of sp³-hybridized carbons (Fsp3) is 0.650. The highest BCUT2D eigenvalue weighted by Gasteiger charge is 2.27. The summed E-state index contributed by atoms with van der Waals surface area (Å²) in [5.74, 6) is 0.743. The van der Waals surface area contributed by atoms with Gasteiger partial charge in [0.2, 0.25) is 5.91 Å². The van der Waals surface area contributed by atoms with Crippen LogP contribution in [0.15, 0.2) is 24.3 Å². The maximum Gasteiger partial charge on any atom is 0.224 e. The fourth-order valence-corrected chi connectivity index (χ4v) is 4.14. The Balaban J connectivity index is 1.60. The molecular weight excluding hydrogens is 298 g/mol. The Labute approximate surface area is 146 Å². The van der Waals surface area contributed by atoms with Gasteiger partial charge in [0.1, 0.15) is 0 Å². The molecule has 0 unspecified atom stereocenters. The molecule has 24 heavy (non-hydrogen) atoms. The molecule has 1 amide bonds. The van der Waals surface area contributed by atoms with E-state index in [2.05, 4.69) is 43.0 Å². The van der Waals surface area contributed by atoms with Crippen molar-refractivity contribution in [2.24, 2.45) is 11.7 Å². The molecule has 2 heterocycles. The number of carbonyl (C=O) groups excluding carboxylic acids is 1. The lowest BCUT2D eigenvalue weighted by Gasteiger charge is -2.38. The van der Waals surface area contributed by atoms with Crippen molar-refractivity contribution in [1.82, 2.24) is 4.90 Å². The summed E-state index contributed by atoms with van der Waals surface area (Å²) >= 11 is 0. The van der Waals surface area contributed by atoms with Crippen LogP contribution in [0.5, 0.6) is 0 Å². The van der Waals surface area contributed by atoms with Crippen molar-refractivity contribution in [3.63, 3.8) is 0 Å². The Hall–Kier alpha value is -1.55. The van der Waals surface area contributed by atoms with Gasteiger partial charge in [0.05, 0.1) is 0 Å². The molecule has 132 valence electrons. The van der Waals surface area contributed by atoms with Gasteiger partial charge in [-0.25, -0.2) is 0 Å². The third-order valence-electron chi connectivity index (χ3n) is 5.79. The average Bonchev–Trinajstić information content (AvgIpc) is 2.60. The van der Waals surface area contributed by atoms with Crippen molar-refractivity contribution in [3.05, 3.63) is 29.8 Å².